The minimum absolute atomic E-state index is 0.190. The van der Waals surface area contributed by atoms with E-state index in [2.05, 4.69) is 19.7 Å². The quantitative estimate of drug-likeness (QED) is 0.0997. The maximum absolute atomic E-state index is 10.5. The van der Waals surface area contributed by atoms with Gasteiger partial charge >= 0.3 is 29.8 Å². The van der Waals surface area contributed by atoms with Crippen molar-refractivity contribution >= 4 is 29.8 Å². The molecule has 0 saturated carbocycles. The molecule has 0 aromatic heterocycles. The van der Waals surface area contributed by atoms with Gasteiger partial charge in [0.1, 0.15) is 0 Å². The second kappa shape index (κ2) is 30.9. The molecule has 0 aliphatic carbocycles. The Morgan fingerprint density at radius 3 is 0.689 bits per heavy atom. The van der Waals surface area contributed by atoms with Gasteiger partial charge in [0.2, 0.25) is 0 Å². The smallest absolute Gasteiger partial charge is 0.336 e. The van der Waals surface area contributed by atoms with E-state index in [0.717, 1.165) is 18.2 Å². The van der Waals surface area contributed by atoms with Crippen molar-refractivity contribution in [1.82, 2.24) is 0 Å². The average molecular weight is 655 g/mol. The van der Waals surface area contributed by atoms with E-state index in [0.29, 0.717) is 0 Å². The molecule has 13 N–H and O–H groups in total. The SMILES string of the molecule is C=CC(=O)O.C=CC(=O)O.C=CC(=O)O.O=C(O)c1ccccc1C(=O)O.OCC(CO)(CO)CO.OCC(CO)(CO)CO. The number of benzene rings is 1. The van der Waals surface area contributed by atoms with Crippen molar-refractivity contribution in [2.45, 2.75) is 0 Å². The molecule has 0 radical (unpaired) electrons. The van der Waals surface area contributed by atoms with Gasteiger partial charge in [-0.2, -0.15) is 0 Å². The van der Waals surface area contributed by atoms with Gasteiger partial charge < -0.3 is 66.4 Å². The molecule has 1 aromatic carbocycles. The van der Waals surface area contributed by atoms with Crippen LogP contribution in [0.15, 0.2) is 62.2 Å². The van der Waals surface area contributed by atoms with Crippen LogP contribution in [0, 0.1) is 10.8 Å². The van der Waals surface area contributed by atoms with Crippen LogP contribution in [0.3, 0.4) is 0 Å². The Hall–Kier alpha value is -4.53. The lowest BCUT2D eigenvalue weighted by atomic mass is 9.93. The third kappa shape index (κ3) is 28.0. The number of aliphatic carboxylic acids is 3. The summed E-state index contributed by atoms with van der Waals surface area (Å²) in [5.41, 5.74) is -2.60. The highest BCUT2D eigenvalue weighted by molar-refractivity contribution is 6.01. The molecule has 18 nitrogen and oxygen atoms in total. The Labute approximate surface area is 257 Å². The van der Waals surface area contributed by atoms with Gasteiger partial charge in [0.05, 0.1) is 74.8 Å². The lowest BCUT2D eigenvalue weighted by molar-refractivity contribution is -0.132. The topological polar surface area (TPSA) is 348 Å². The Morgan fingerprint density at radius 1 is 0.467 bits per heavy atom. The third-order valence-electron chi connectivity index (χ3n) is 4.60. The average Bonchev–Trinajstić information content (AvgIpc) is 3.05. The minimum Gasteiger partial charge on any atom is -0.478 e. The summed E-state index contributed by atoms with van der Waals surface area (Å²) in [6, 6.07) is 5.48. The molecule has 0 aliphatic rings. The molecule has 45 heavy (non-hydrogen) atoms. The Bertz CT molecular complexity index is 882. The van der Waals surface area contributed by atoms with Gasteiger partial charge in [-0.15, -0.1) is 0 Å². The predicted molar refractivity (Wildman–Crippen MR) is 155 cm³/mol. The fourth-order valence-electron chi connectivity index (χ4n) is 1.46. The molecule has 0 atom stereocenters. The summed E-state index contributed by atoms with van der Waals surface area (Å²) >= 11 is 0. The number of aromatic carboxylic acids is 2. The molecule has 18 heteroatoms. The summed E-state index contributed by atoms with van der Waals surface area (Å²) in [6.45, 7) is 5.63. The standard InChI is InChI=1S/C8H6O4.2C5H12O4.3C3H4O2/c9-7(10)5-3-1-2-4-6(5)8(11)12;2*6-1-5(2-7,3-8)4-9;3*1-2-3(4)5/h1-4H,(H,9,10)(H,11,12);2*6-9H,1-4H2;3*2H,1H2,(H,4,5). The van der Waals surface area contributed by atoms with Crippen molar-refractivity contribution in [2.24, 2.45) is 10.8 Å². The van der Waals surface area contributed by atoms with Crippen molar-refractivity contribution in [1.29, 1.82) is 0 Å². The first-order chi connectivity index (χ1) is 20.9. The van der Waals surface area contributed by atoms with E-state index in [1.807, 2.05) is 0 Å². The fourth-order valence-corrected chi connectivity index (χ4v) is 1.46. The van der Waals surface area contributed by atoms with E-state index >= 15 is 0 Å². The number of aliphatic hydroxyl groups excluding tert-OH is 8. The summed E-state index contributed by atoms with van der Waals surface area (Å²) in [4.78, 5) is 48.7. The van der Waals surface area contributed by atoms with Crippen LogP contribution in [0.5, 0.6) is 0 Å². The molecular formula is C27H42O18. The molecule has 1 aromatic rings. The highest BCUT2D eigenvalue weighted by Gasteiger charge is 2.27. The molecular weight excluding hydrogens is 612 g/mol. The molecule has 0 aliphatic heterocycles. The molecule has 0 unspecified atom stereocenters. The molecule has 258 valence electrons. The number of hydrogen-bond donors (Lipinski definition) is 13. The van der Waals surface area contributed by atoms with Crippen molar-refractivity contribution in [3.8, 4) is 0 Å². The van der Waals surface area contributed by atoms with Gasteiger partial charge in [0.15, 0.2) is 0 Å². The summed E-state index contributed by atoms with van der Waals surface area (Å²) in [5, 5.41) is 108. The van der Waals surface area contributed by atoms with E-state index in [4.69, 9.17) is 66.4 Å². The molecule has 0 amide bonds. The van der Waals surface area contributed by atoms with Gasteiger partial charge in [0.25, 0.3) is 0 Å². The fraction of sp³-hybridized carbons (Fsp3) is 0.370. The van der Waals surface area contributed by atoms with Crippen molar-refractivity contribution < 1.29 is 90.4 Å². The van der Waals surface area contributed by atoms with E-state index < -0.39 is 93.5 Å². The van der Waals surface area contributed by atoms with Gasteiger partial charge in [-0.05, 0) is 12.1 Å². The normalized spacial score (nSPS) is 9.42. The maximum atomic E-state index is 10.5. The third-order valence-corrected chi connectivity index (χ3v) is 4.60. The lowest BCUT2D eigenvalue weighted by Gasteiger charge is -2.23. The van der Waals surface area contributed by atoms with Gasteiger partial charge in [-0.25, -0.2) is 24.0 Å². The van der Waals surface area contributed by atoms with Crippen molar-refractivity contribution in [3.05, 3.63) is 73.4 Å². The Balaban J connectivity index is -0.000000148. The first-order valence-electron chi connectivity index (χ1n) is 11.9. The van der Waals surface area contributed by atoms with E-state index in [1.165, 1.54) is 24.3 Å². The maximum Gasteiger partial charge on any atom is 0.336 e. The first kappa shape index (κ1) is 50.1. The monoisotopic (exact) mass is 654 g/mol. The zero-order valence-corrected chi connectivity index (χ0v) is 24.2. The lowest BCUT2D eigenvalue weighted by Crippen LogP contribution is -2.37. The molecule has 0 spiro atoms. The van der Waals surface area contributed by atoms with E-state index in [9.17, 15) is 24.0 Å². The van der Waals surface area contributed by atoms with Crippen LogP contribution >= 0.6 is 0 Å². The van der Waals surface area contributed by atoms with Crippen LogP contribution < -0.4 is 0 Å². The highest BCUT2D eigenvalue weighted by Crippen LogP contribution is 2.12. The summed E-state index contributed by atoms with van der Waals surface area (Å²) < 4.78 is 0. The first-order valence-corrected chi connectivity index (χ1v) is 11.9. The van der Waals surface area contributed by atoms with Gasteiger partial charge in [-0.3, -0.25) is 0 Å². The Morgan fingerprint density at radius 2 is 0.622 bits per heavy atom. The summed E-state index contributed by atoms with van der Waals surface area (Å²) in [5.74, 6) is -5.40. The van der Waals surface area contributed by atoms with Crippen molar-refractivity contribution in [2.75, 3.05) is 52.9 Å². The van der Waals surface area contributed by atoms with E-state index in [1.54, 1.807) is 0 Å². The van der Waals surface area contributed by atoms with Crippen LogP contribution in [0.4, 0.5) is 0 Å². The Kier molecular flexibility index (Phi) is 34.4. The number of carboxylic acids is 5. The summed E-state index contributed by atoms with van der Waals surface area (Å²) in [6.07, 6.45) is 2.50. The zero-order chi connectivity index (χ0) is 36.6. The predicted octanol–water partition coefficient (Wildman–Crippen LogP) is -2.26. The van der Waals surface area contributed by atoms with Gasteiger partial charge in [-0.1, -0.05) is 31.9 Å². The molecule has 0 heterocycles. The molecule has 0 saturated heterocycles. The van der Waals surface area contributed by atoms with Crippen molar-refractivity contribution in [3.63, 3.8) is 0 Å². The van der Waals surface area contributed by atoms with Crippen LogP contribution in [0.25, 0.3) is 0 Å². The van der Waals surface area contributed by atoms with E-state index in [-0.39, 0.29) is 11.1 Å². The number of rotatable bonds is 13. The second-order valence-corrected chi connectivity index (χ2v) is 8.05. The number of hydrogen-bond acceptors (Lipinski definition) is 13. The largest absolute Gasteiger partial charge is 0.478 e. The van der Waals surface area contributed by atoms with Crippen LogP contribution in [-0.4, -0.2) is 149 Å². The molecule has 0 fully saturated rings. The number of aliphatic hydroxyl groups is 8. The van der Waals surface area contributed by atoms with Crippen LogP contribution in [-0.2, 0) is 14.4 Å². The number of carbonyl (C=O) groups is 5. The molecule has 0 bridgehead atoms. The highest BCUT2D eigenvalue weighted by atomic mass is 16.4. The zero-order valence-electron chi connectivity index (χ0n) is 24.2. The number of carboxylic acid groups (broad SMARTS) is 5. The minimum atomic E-state index is -1.23. The van der Waals surface area contributed by atoms with Crippen LogP contribution in [0.2, 0.25) is 0 Å². The van der Waals surface area contributed by atoms with Gasteiger partial charge in [0, 0.05) is 18.2 Å². The second-order valence-electron chi connectivity index (χ2n) is 8.05. The summed E-state index contributed by atoms with van der Waals surface area (Å²) in [7, 11) is 0. The molecule has 1 rings (SSSR count). The van der Waals surface area contributed by atoms with Crippen LogP contribution in [0.1, 0.15) is 20.7 Å².